The molecule has 1 aliphatic carbocycles. The number of ether oxygens (including phenoxy) is 1. The maximum absolute atomic E-state index is 6.72. The Hall–Kier alpha value is -1.51. The first-order chi connectivity index (χ1) is 9.54. The molecule has 0 radical (unpaired) electrons. The van der Waals surface area contributed by atoms with Gasteiger partial charge in [-0.25, -0.2) is 0 Å². The molecule has 20 heavy (non-hydrogen) atoms. The van der Waals surface area contributed by atoms with Crippen LogP contribution in [0.2, 0.25) is 5.02 Å². The van der Waals surface area contributed by atoms with Crippen LogP contribution in [0, 0.1) is 6.92 Å². The fourth-order valence-electron chi connectivity index (χ4n) is 2.95. The Labute approximate surface area is 124 Å². The van der Waals surface area contributed by atoms with Gasteiger partial charge in [-0.15, -0.1) is 0 Å². The lowest BCUT2D eigenvalue weighted by atomic mass is 9.85. The Balaban J connectivity index is 2.13. The van der Waals surface area contributed by atoms with Gasteiger partial charge >= 0.3 is 0 Å². The number of nitrogens with two attached hydrogens (primary N) is 1. The van der Waals surface area contributed by atoms with Gasteiger partial charge in [0.05, 0.1) is 12.6 Å². The number of hydrogen-bond acceptors (Lipinski definition) is 2. The van der Waals surface area contributed by atoms with E-state index in [0.717, 1.165) is 40.3 Å². The van der Waals surface area contributed by atoms with Gasteiger partial charge in [0.2, 0.25) is 0 Å². The predicted octanol–water partition coefficient (Wildman–Crippen LogP) is 3.81. The van der Waals surface area contributed by atoms with Gasteiger partial charge in [0.1, 0.15) is 5.75 Å². The number of fused-ring (bicyclic) bond motifs is 1. The van der Waals surface area contributed by atoms with Crippen LogP contribution in [0.4, 0.5) is 0 Å². The molecular formula is C17H18ClNO. The Morgan fingerprint density at radius 2 is 2.00 bits per heavy atom. The highest BCUT2D eigenvalue weighted by Crippen LogP contribution is 2.42. The molecule has 2 aromatic rings. The summed E-state index contributed by atoms with van der Waals surface area (Å²) in [5, 5.41) is 0.767. The molecule has 0 bridgehead atoms. The van der Waals surface area contributed by atoms with Gasteiger partial charge in [-0.3, -0.25) is 0 Å². The van der Waals surface area contributed by atoms with Crippen molar-refractivity contribution >= 4 is 11.6 Å². The highest BCUT2D eigenvalue weighted by Gasteiger charge is 2.37. The predicted molar refractivity (Wildman–Crippen MR) is 82.5 cm³/mol. The quantitative estimate of drug-likeness (QED) is 0.912. The van der Waals surface area contributed by atoms with Gasteiger partial charge in [0, 0.05) is 5.02 Å². The van der Waals surface area contributed by atoms with E-state index in [9.17, 15) is 0 Å². The SMILES string of the molecule is COc1ccc2c(c1)C(N)(c1ccc(C)c(Cl)c1)CC2. The number of benzene rings is 2. The van der Waals surface area contributed by atoms with E-state index in [1.807, 2.05) is 25.1 Å². The normalized spacial score (nSPS) is 20.8. The number of methoxy groups -OCH3 is 1. The van der Waals surface area contributed by atoms with Crippen molar-refractivity contribution in [2.75, 3.05) is 7.11 Å². The van der Waals surface area contributed by atoms with Crippen LogP contribution < -0.4 is 10.5 Å². The second-order valence-corrected chi connectivity index (χ2v) is 5.87. The molecule has 2 aromatic carbocycles. The van der Waals surface area contributed by atoms with Crippen LogP contribution >= 0.6 is 11.6 Å². The Bertz CT molecular complexity index is 668. The van der Waals surface area contributed by atoms with E-state index in [1.165, 1.54) is 5.56 Å². The number of aryl methyl sites for hydroxylation is 2. The summed E-state index contributed by atoms with van der Waals surface area (Å²) in [5.41, 5.74) is 10.8. The molecule has 0 saturated heterocycles. The van der Waals surface area contributed by atoms with Crippen LogP contribution in [-0.4, -0.2) is 7.11 Å². The third kappa shape index (κ3) is 2.00. The third-order valence-corrected chi connectivity index (χ3v) is 4.68. The Morgan fingerprint density at radius 3 is 2.70 bits per heavy atom. The number of rotatable bonds is 2. The maximum atomic E-state index is 6.72. The fourth-order valence-corrected chi connectivity index (χ4v) is 3.13. The average Bonchev–Trinajstić information content (AvgIpc) is 2.80. The van der Waals surface area contributed by atoms with Crippen molar-refractivity contribution in [3.63, 3.8) is 0 Å². The van der Waals surface area contributed by atoms with Gasteiger partial charge in [0.25, 0.3) is 0 Å². The van der Waals surface area contributed by atoms with Crippen LogP contribution in [0.15, 0.2) is 36.4 Å². The molecule has 1 atom stereocenters. The Kier molecular flexibility index (Phi) is 3.23. The van der Waals surface area contributed by atoms with Gasteiger partial charge in [-0.1, -0.05) is 29.8 Å². The molecule has 0 aliphatic heterocycles. The smallest absolute Gasteiger partial charge is 0.119 e. The summed E-state index contributed by atoms with van der Waals surface area (Å²) in [6, 6.07) is 12.3. The standard InChI is InChI=1S/C17H18ClNO/c1-11-3-5-13(9-16(11)18)17(19)8-7-12-4-6-14(20-2)10-15(12)17/h3-6,9-10H,7-8,19H2,1-2H3. The largest absolute Gasteiger partial charge is 0.497 e. The van der Waals surface area contributed by atoms with Gasteiger partial charge in [-0.2, -0.15) is 0 Å². The summed E-state index contributed by atoms with van der Waals surface area (Å²) in [7, 11) is 1.68. The van der Waals surface area contributed by atoms with E-state index < -0.39 is 5.54 Å². The van der Waals surface area contributed by atoms with E-state index in [-0.39, 0.29) is 0 Å². The second-order valence-electron chi connectivity index (χ2n) is 5.46. The molecule has 3 heteroatoms. The molecular weight excluding hydrogens is 270 g/mol. The number of hydrogen-bond donors (Lipinski definition) is 1. The first-order valence-corrected chi connectivity index (χ1v) is 7.15. The van der Waals surface area contributed by atoms with Crippen molar-refractivity contribution in [3.05, 3.63) is 63.7 Å². The highest BCUT2D eigenvalue weighted by atomic mass is 35.5. The zero-order chi connectivity index (χ0) is 14.3. The van der Waals surface area contributed by atoms with Crippen LogP contribution in [-0.2, 0) is 12.0 Å². The Morgan fingerprint density at radius 1 is 1.20 bits per heavy atom. The van der Waals surface area contributed by atoms with Crippen molar-refractivity contribution in [3.8, 4) is 5.75 Å². The minimum atomic E-state index is -0.471. The van der Waals surface area contributed by atoms with Crippen LogP contribution in [0.3, 0.4) is 0 Å². The number of halogens is 1. The molecule has 0 amide bonds. The first-order valence-electron chi connectivity index (χ1n) is 6.77. The molecule has 2 N–H and O–H groups in total. The van der Waals surface area contributed by atoms with Crippen molar-refractivity contribution in [2.45, 2.75) is 25.3 Å². The zero-order valence-electron chi connectivity index (χ0n) is 11.7. The lowest BCUT2D eigenvalue weighted by Gasteiger charge is -2.27. The molecule has 3 rings (SSSR count). The molecule has 0 aromatic heterocycles. The lowest BCUT2D eigenvalue weighted by Crippen LogP contribution is -2.35. The monoisotopic (exact) mass is 287 g/mol. The molecule has 2 nitrogen and oxygen atoms in total. The fraction of sp³-hybridized carbons (Fsp3) is 0.294. The average molecular weight is 288 g/mol. The molecule has 0 heterocycles. The van der Waals surface area contributed by atoms with Crippen molar-refractivity contribution in [1.82, 2.24) is 0 Å². The van der Waals surface area contributed by atoms with E-state index in [2.05, 4.69) is 18.2 Å². The van der Waals surface area contributed by atoms with Crippen LogP contribution in [0.5, 0.6) is 5.75 Å². The molecule has 1 aliphatic rings. The van der Waals surface area contributed by atoms with E-state index in [0.29, 0.717) is 0 Å². The van der Waals surface area contributed by atoms with Crippen molar-refractivity contribution in [2.24, 2.45) is 5.73 Å². The summed E-state index contributed by atoms with van der Waals surface area (Å²) in [4.78, 5) is 0. The molecule has 1 unspecified atom stereocenters. The maximum Gasteiger partial charge on any atom is 0.119 e. The minimum Gasteiger partial charge on any atom is -0.497 e. The zero-order valence-corrected chi connectivity index (χ0v) is 12.5. The highest BCUT2D eigenvalue weighted by molar-refractivity contribution is 6.31. The molecule has 104 valence electrons. The summed E-state index contributed by atoms with van der Waals surface area (Å²) in [5.74, 6) is 0.846. The van der Waals surface area contributed by atoms with Crippen molar-refractivity contribution < 1.29 is 4.74 Å². The van der Waals surface area contributed by atoms with Gasteiger partial charge in [-0.05, 0) is 60.2 Å². The topological polar surface area (TPSA) is 35.2 Å². The third-order valence-electron chi connectivity index (χ3n) is 4.27. The van der Waals surface area contributed by atoms with Gasteiger partial charge < -0.3 is 10.5 Å². The van der Waals surface area contributed by atoms with E-state index in [4.69, 9.17) is 22.1 Å². The lowest BCUT2D eigenvalue weighted by molar-refractivity contribution is 0.413. The molecule has 0 spiro atoms. The van der Waals surface area contributed by atoms with E-state index >= 15 is 0 Å². The minimum absolute atomic E-state index is 0.471. The summed E-state index contributed by atoms with van der Waals surface area (Å²) in [6.45, 7) is 2.00. The second kappa shape index (κ2) is 4.80. The summed E-state index contributed by atoms with van der Waals surface area (Å²) < 4.78 is 5.33. The van der Waals surface area contributed by atoms with Crippen molar-refractivity contribution in [1.29, 1.82) is 0 Å². The summed E-state index contributed by atoms with van der Waals surface area (Å²) >= 11 is 6.26. The van der Waals surface area contributed by atoms with Crippen LogP contribution in [0.25, 0.3) is 0 Å². The van der Waals surface area contributed by atoms with Gasteiger partial charge in [0.15, 0.2) is 0 Å². The van der Waals surface area contributed by atoms with Crippen LogP contribution in [0.1, 0.15) is 28.7 Å². The first kappa shape index (κ1) is 13.5. The molecule has 0 fully saturated rings. The molecule has 0 saturated carbocycles. The summed E-state index contributed by atoms with van der Waals surface area (Å²) in [6.07, 6.45) is 1.89. The van der Waals surface area contributed by atoms with E-state index in [1.54, 1.807) is 7.11 Å².